The van der Waals surface area contributed by atoms with E-state index in [1.807, 2.05) is 36.4 Å². The minimum absolute atomic E-state index is 0.588. The predicted octanol–water partition coefficient (Wildman–Crippen LogP) is 5.77. The molecule has 1 unspecified atom stereocenters. The summed E-state index contributed by atoms with van der Waals surface area (Å²) in [7, 11) is 0. The summed E-state index contributed by atoms with van der Waals surface area (Å²) < 4.78 is 6.04. The van der Waals surface area contributed by atoms with Gasteiger partial charge >= 0.3 is 0 Å². The Morgan fingerprint density at radius 3 is 2.26 bits per heavy atom. The zero-order chi connectivity index (χ0) is 13.5. The van der Waals surface area contributed by atoms with Gasteiger partial charge in [-0.1, -0.05) is 56.7 Å². The molecule has 1 atom stereocenters. The molecule has 1 nitrogen and oxygen atoms in total. The lowest BCUT2D eigenvalue weighted by Crippen LogP contribution is -1.99. The minimum atomic E-state index is 0.588. The molecule has 0 radical (unpaired) electrons. The molecular weight excluding hydrogens is 232 g/mol. The molecule has 2 aromatic carbocycles. The highest BCUT2D eigenvalue weighted by Crippen LogP contribution is 2.34. The van der Waals surface area contributed by atoms with Crippen LogP contribution in [0.4, 0.5) is 0 Å². The predicted molar refractivity (Wildman–Crippen MR) is 80.9 cm³/mol. The van der Waals surface area contributed by atoms with Crippen molar-refractivity contribution in [2.24, 2.45) is 0 Å². The van der Waals surface area contributed by atoms with Gasteiger partial charge in [-0.05, 0) is 42.5 Å². The number of ether oxygens (including phenoxy) is 1. The van der Waals surface area contributed by atoms with Gasteiger partial charge in [0.25, 0.3) is 0 Å². The second-order valence-electron chi connectivity index (χ2n) is 4.85. The van der Waals surface area contributed by atoms with Gasteiger partial charge in [0.15, 0.2) is 0 Å². The molecule has 0 aliphatic heterocycles. The Morgan fingerprint density at radius 2 is 1.58 bits per heavy atom. The fourth-order valence-electron chi connectivity index (χ4n) is 2.45. The third-order valence-electron chi connectivity index (χ3n) is 3.46. The average molecular weight is 254 g/mol. The maximum absolute atomic E-state index is 6.04. The summed E-state index contributed by atoms with van der Waals surface area (Å²) in [5, 5.41) is 0. The van der Waals surface area contributed by atoms with Crippen molar-refractivity contribution < 1.29 is 4.74 Å². The quantitative estimate of drug-likeness (QED) is 0.635. The van der Waals surface area contributed by atoms with Crippen molar-refractivity contribution in [1.29, 1.82) is 0 Å². The van der Waals surface area contributed by atoms with Crippen molar-refractivity contribution in [2.75, 3.05) is 0 Å². The fourth-order valence-corrected chi connectivity index (χ4v) is 2.45. The second kappa shape index (κ2) is 6.98. The topological polar surface area (TPSA) is 9.23 Å². The first-order valence-corrected chi connectivity index (χ1v) is 7.17. The van der Waals surface area contributed by atoms with E-state index in [-0.39, 0.29) is 0 Å². The van der Waals surface area contributed by atoms with Crippen LogP contribution in [0.3, 0.4) is 0 Å². The lowest BCUT2D eigenvalue weighted by Gasteiger charge is -2.18. The van der Waals surface area contributed by atoms with Gasteiger partial charge in [0, 0.05) is 0 Å². The van der Waals surface area contributed by atoms with E-state index in [1.54, 1.807) is 0 Å². The lowest BCUT2D eigenvalue weighted by molar-refractivity contribution is 0.463. The van der Waals surface area contributed by atoms with Crippen molar-refractivity contribution in [1.82, 2.24) is 0 Å². The Labute approximate surface area is 116 Å². The Hall–Kier alpha value is -1.76. The molecule has 0 spiro atoms. The molecule has 2 aromatic rings. The first kappa shape index (κ1) is 13.7. The Kier molecular flexibility index (Phi) is 5.02. The molecule has 0 saturated heterocycles. The van der Waals surface area contributed by atoms with Crippen LogP contribution in [0.2, 0.25) is 0 Å². The van der Waals surface area contributed by atoms with Gasteiger partial charge in [-0.2, -0.15) is 0 Å². The van der Waals surface area contributed by atoms with Gasteiger partial charge in [0.2, 0.25) is 0 Å². The number of para-hydroxylation sites is 2. The second-order valence-corrected chi connectivity index (χ2v) is 4.85. The first-order valence-electron chi connectivity index (χ1n) is 7.17. The molecule has 0 N–H and O–H groups in total. The van der Waals surface area contributed by atoms with Crippen LogP contribution in [0.25, 0.3) is 0 Å². The van der Waals surface area contributed by atoms with Gasteiger partial charge in [-0.15, -0.1) is 0 Å². The Balaban J connectivity index is 2.25. The molecule has 2 rings (SSSR count). The van der Waals surface area contributed by atoms with Crippen LogP contribution in [0.5, 0.6) is 11.5 Å². The van der Waals surface area contributed by atoms with Gasteiger partial charge in [-0.3, -0.25) is 0 Å². The lowest BCUT2D eigenvalue weighted by atomic mass is 9.91. The molecule has 0 bridgehead atoms. The minimum Gasteiger partial charge on any atom is -0.457 e. The third kappa shape index (κ3) is 3.60. The standard InChI is InChI=1S/C18H22O/c1-3-10-15(4-2)17-13-8-9-14-18(17)19-16-11-6-5-7-12-16/h5-9,11-15H,3-4,10H2,1-2H3. The zero-order valence-electron chi connectivity index (χ0n) is 11.8. The van der Waals surface area contributed by atoms with Crippen LogP contribution < -0.4 is 4.74 Å². The largest absolute Gasteiger partial charge is 0.457 e. The zero-order valence-corrected chi connectivity index (χ0v) is 11.8. The number of hydrogen-bond donors (Lipinski definition) is 0. The maximum atomic E-state index is 6.04. The Morgan fingerprint density at radius 1 is 0.895 bits per heavy atom. The Bertz CT molecular complexity index is 490. The van der Waals surface area contributed by atoms with Crippen LogP contribution in [0.1, 0.15) is 44.6 Å². The van der Waals surface area contributed by atoms with Crippen LogP contribution in [-0.4, -0.2) is 0 Å². The molecule has 100 valence electrons. The molecule has 0 aliphatic carbocycles. The van der Waals surface area contributed by atoms with E-state index < -0.39 is 0 Å². The monoisotopic (exact) mass is 254 g/mol. The highest BCUT2D eigenvalue weighted by molar-refractivity contribution is 5.39. The summed E-state index contributed by atoms with van der Waals surface area (Å²) in [6.07, 6.45) is 3.58. The molecule has 0 aliphatic rings. The summed E-state index contributed by atoms with van der Waals surface area (Å²) in [4.78, 5) is 0. The van der Waals surface area contributed by atoms with E-state index >= 15 is 0 Å². The maximum Gasteiger partial charge on any atom is 0.130 e. The summed E-state index contributed by atoms with van der Waals surface area (Å²) >= 11 is 0. The molecule has 0 saturated carbocycles. The van der Waals surface area contributed by atoms with Gasteiger partial charge in [0.05, 0.1) is 0 Å². The van der Waals surface area contributed by atoms with Crippen molar-refractivity contribution >= 4 is 0 Å². The molecule has 0 fully saturated rings. The molecule has 19 heavy (non-hydrogen) atoms. The van der Waals surface area contributed by atoms with E-state index in [0.29, 0.717) is 5.92 Å². The van der Waals surface area contributed by atoms with Crippen LogP contribution in [0.15, 0.2) is 54.6 Å². The summed E-state index contributed by atoms with van der Waals surface area (Å²) in [5.74, 6) is 2.49. The van der Waals surface area contributed by atoms with Crippen LogP contribution in [0, 0.1) is 0 Å². The molecule has 0 amide bonds. The van der Waals surface area contributed by atoms with E-state index in [2.05, 4.69) is 32.0 Å². The van der Waals surface area contributed by atoms with E-state index in [0.717, 1.165) is 17.9 Å². The van der Waals surface area contributed by atoms with Crippen molar-refractivity contribution in [3.8, 4) is 11.5 Å². The fraction of sp³-hybridized carbons (Fsp3) is 0.333. The molecular formula is C18H22O. The van der Waals surface area contributed by atoms with E-state index in [9.17, 15) is 0 Å². The normalized spacial score (nSPS) is 12.1. The smallest absolute Gasteiger partial charge is 0.130 e. The highest BCUT2D eigenvalue weighted by Gasteiger charge is 2.13. The summed E-state index contributed by atoms with van der Waals surface area (Å²) in [6.45, 7) is 4.49. The van der Waals surface area contributed by atoms with Gasteiger partial charge < -0.3 is 4.74 Å². The van der Waals surface area contributed by atoms with Crippen molar-refractivity contribution in [3.05, 3.63) is 60.2 Å². The van der Waals surface area contributed by atoms with Crippen LogP contribution in [-0.2, 0) is 0 Å². The summed E-state index contributed by atoms with van der Waals surface area (Å²) in [6, 6.07) is 18.4. The van der Waals surface area contributed by atoms with Gasteiger partial charge in [0.1, 0.15) is 11.5 Å². The highest BCUT2D eigenvalue weighted by atomic mass is 16.5. The SMILES string of the molecule is CCCC(CC)c1ccccc1Oc1ccccc1. The molecule has 0 aromatic heterocycles. The number of rotatable bonds is 6. The summed E-state index contributed by atoms with van der Waals surface area (Å²) in [5.41, 5.74) is 1.33. The van der Waals surface area contributed by atoms with Crippen molar-refractivity contribution in [3.63, 3.8) is 0 Å². The third-order valence-corrected chi connectivity index (χ3v) is 3.46. The molecule has 0 heterocycles. The van der Waals surface area contributed by atoms with Crippen molar-refractivity contribution in [2.45, 2.75) is 39.0 Å². The van der Waals surface area contributed by atoms with Gasteiger partial charge in [-0.25, -0.2) is 0 Å². The average Bonchev–Trinajstić information content (AvgIpc) is 2.47. The number of benzene rings is 2. The van der Waals surface area contributed by atoms with Crippen LogP contribution >= 0.6 is 0 Å². The number of hydrogen-bond acceptors (Lipinski definition) is 1. The van der Waals surface area contributed by atoms with E-state index in [4.69, 9.17) is 4.74 Å². The first-order chi connectivity index (χ1) is 9.35. The van der Waals surface area contributed by atoms with E-state index in [1.165, 1.54) is 18.4 Å². The molecule has 1 heteroatoms.